The number of piperidine rings is 2. The molecule has 2 aromatic rings. The lowest BCUT2D eigenvalue weighted by molar-refractivity contribution is 0.0507. The van der Waals surface area contributed by atoms with Crippen molar-refractivity contribution in [1.29, 1.82) is 0 Å². The van der Waals surface area contributed by atoms with Crippen molar-refractivity contribution >= 4 is 5.91 Å². The van der Waals surface area contributed by atoms with Gasteiger partial charge in [0.15, 0.2) is 5.69 Å². The van der Waals surface area contributed by atoms with Crippen LogP contribution in [-0.2, 0) is 0 Å². The van der Waals surface area contributed by atoms with Gasteiger partial charge in [0.2, 0.25) is 0 Å². The smallest absolute Gasteiger partial charge is 0.276 e. The Kier molecular flexibility index (Phi) is 5.25. The van der Waals surface area contributed by atoms with Crippen LogP contribution < -0.4 is 5.32 Å². The van der Waals surface area contributed by atoms with E-state index in [1.807, 2.05) is 15.8 Å². The average Bonchev–Trinajstić information content (AvgIpc) is 3.19. The van der Waals surface area contributed by atoms with E-state index in [1.165, 1.54) is 11.1 Å². The Hall–Kier alpha value is -2.21. The molecule has 1 aromatic carbocycles. The fraction of sp³-hybridized carbons (Fsp3) is 0.571. The number of carbonyl (C=O) groups excluding carboxylic acids is 1. The normalized spacial score (nSPS) is 24.1. The first-order chi connectivity index (χ1) is 13.1. The van der Waals surface area contributed by atoms with E-state index in [4.69, 9.17) is 0 Å². The highest BCUT2D eigenvalue weighted by Crippen LogP contribution is 2.36. The first kappa shape index (κ1) is 18.2. The zero-order chi connectivity index (χ0) is 18.8. The second-order valence-corrected chi connectivity index (χ2v) is 8.04. The van der Waals surface area contributed by atoms with Gasteiger partial charge in [-0.2, -0.15) is 0 Å². The summed E-state index contributed by atoms with van der Waals surface area (Å²) in [5.41, 5.74) is 2.93. The molecule has 6 nitrogen and oxygen atoms in total. The molecule has 1 N–H and O–H groups in total. The van der Waals surface area contributed by atoms with Crippen LogP contribution in [0, 0.1) is 12.8 Å². The lowest BCUT2D eigenvalue weighted by Gasteiger charge is -2.40. The number of hydrogen-bond acceptors (Lipinski definition) is 4. The molecule has 144 valence electrons. The molecule has 2 aliphatic heterocycles. The number of hydrogen-bond donors (Lipinski definition) is 1. The number of likely N-dealkylation sites (tertiary alicyclic amines) is 1. The molecule has 0 saturated carbocycles. The van der Waals surface area contributed by atoms with Crippen molar-refractivity contribution in [2.24, 2.45) is 5.92 Å². The Morgan fingerprint density at radius 3 is 2.63 bits per heavy atom. The number of aromatic nitrogens is 3. The molecule has 2 saturated heterocycles. The van der Waals surface area contributed by atoms with Crippen molar-refractivity contribution < 1.29 is 4.79 Å². The lowest BCUT2D eigenvalue weighted by Crippen LogP contribution is -2.42. The van der Waals surface area contributed by atoms with Gasteiger partial charge in [0.05, 0.1) is 18.3 Å². The fourth-order valence-corrected chi connectivity index (χ4v) is 4.46. The second-order valence-electron chi connectivity index (χ2n) is 8.04. The summed E-state index contributed by atoms with van der Waals surface area (Å²) < 4.78 is 1.89. The maximum Gasteiger partial charge on any atom is 0.276 e. The molecule has 6 heteroatoms. The Balaban J connectivity index is 1.57. The molecule has 0 aliphatic carbocycles. The zero-order valence-electron chi connectivity index (χ0n) is 16.3. The third kappa shape index (κ3) is 3.76. The molecule has 0 unspecified atom stereocenters. The van der Waals surface area contributed by atoms with Crippen molar-refractivity contribution in [3.05, 3.63) is 47.3 Å². The van der Waals surface area contributed by atoms with Gasteiger partial charge in [0.25, 0.3) is 5.91 Å². The molecule has 2 fully saturated rings. The Morgan fingerprint density at radius 2 is 1.89 bits per heavy atom. The highest BCUT2D eigenvalue weighted by molar-refractivity contribution is 5.92. The van der Waals surface area contributed by atoms with Crippen LogP contribution in [-0.4, -0.2) is 45.4 Å². The van der Waals surface area contributed by atoms with Gasteiger partial charge in [-0.1, -0.05) is 42.0 Å². The summed E-state index contributed by atoms with van der Waals surface area (Å²) in [5, 5.41) is 11.9. The zero-order valence-corrected chi connectivity index (χ0v) is 16.3. The van der Waals surface area contributed by atoms with Crippen LogP contribution in [0.4, 0.5) is 0 Å². The van der Waals surface area contributed by atoms with E-state index in [0.717, 1.165) is 45.3 Å². The van der Waals surface area contributed by atoms with E-state index in [1.54, 1.807) is 0 Å². The summed E-state index contributed by atoms with van der Waals surface area (Å²) in [6.45, 7) is 7.10. The predicted octanol–water partition coefficient (Wildman–Crippen LogP) is 3.12. The summed E-state index contributed by atoms with van der Waals surface area (Å²) in [6.07, 6.45) is 6.10. The number of benzene rings is 1. The molecule has 3 heterocycles. The van der Waals surface area contributed by atoms with Crippen molar-refractivity contribution in [2.45, 2.75) is 51.6 Å². The maximum absolute atomic E-state index is 13.3. The van der Waals surface area contributed by atoms with Crippen LogP contribution in [0.1, 0.15) is 66.3 Å². The molecule has 2 atom stereocenters. The van der Waals surface area contributed by atoms with Crippen molar-refractivity contribution in [3.8, 4) is 0 Å². The molecule has 0 spiro atoms. The highest BCUT2D eigenvalue weighted by atomic mass is 16.2. The van der Waals surface area contributed by atoms with Gasteiger partial charge in [0.1, 0.15) is 0 Å². The lowest BCUT2D eigenvalue weighted by atomic mass is 9.85. The molecule has 4 rings (SSSR count). The van der Waals surface area contributed by atoms with Crippen molar-refractivity contribution in [3.63, 3.8) is 0 Å². The molecule has 1 aromatic heterocycles. The van der Waals surface area contributed by atoms with Crippen LogP contribution in [0.3, 0.4) is 0 Å². The van der Waals surface area contributed by atoms with Gasteiger partial charge < -0.3 is 10.2 Å². The van der Waals surface area contributed by atoms with Gasteiger partial charge in [-0.05, 0) is 57.2 Å². The molecule has 27 heavy (non-hydrogen) atoms. The largest absolute Gasteiger partial charge is 0.330 e. The van der Waals surface area contributed by atoms with Crippen LogP contribution in [0.5, 0.6) is 0 Å². The van der Waals surface area contributed by atoms with Gasteiger partial charge in [-0.25, -0.2) is 4.68 Å². The van der Waals surface area contributed by atoms with Crippen LogP contribution in [0.15, 0.2) is 30.5 Å². The Labute approximate surface area is 160 Å². The van der Waals surface area contributed by atoms with Crippen LogP contribution >= 0.6 is 0 Å². The summed E-state index contributed by atoms with van der Waals surface area (Å²) in [6, 6.07) is 9.03. The Bertz CT molecular complexity index is 778. The van der Waals surface area contributed by atoms with E-state index in [0.29, 0.717) is 17.7 Å². The molecule has 1 amide bonds. The molecular formula is C21H29N5O. The molecule has 0 radical (unpaired) electrons. The SMILES string of the molecule is Cc1ccc([C@H]2[C@@H](C)CCCN2C(=O)c2cn(C3CCNCC3)nn2)cc1. The molecule has 0 bridgehead atoms. The standard InChI is InChI=1S/C21H29N5O/c1-15-5-7-17(8-6-15)20-16(2)4-3-13-25(20)21(27)19-14-26(24-23-19)18-9-11-22-12-10-18/h5-8,14,16,18,20,22H,3-4,9-13H2,1-2H3/t16-,20+/m0/s1. The second kappa shape index (κ2) is 7.80. The average molecular weight is 367 g/mol. The minimum Gasteiger partial charge on any atom is -0.330 e. The van der Waals surface area contributed by atoms with Crippen molar-refractivity contribution in [2.75, 3.05) is 19.6 Å². The molecule has 2 aliphatic rings. The number of amides is 1. The summed E-state index contributed by atoms with van der Waals surface area (Å²) in [5.74, 6) is 0.442. The third-order valence-electron chi connectivity index (χ3n) is 6.03. The maximum atomic E-state index is 13.3. The number of rotatable bonds is 3. The van der Waals surface area contributed by atoms with E-state index in [9.17, 15) is 4.79 Å². The number of carbonyl (C=O) groups is 1. The van der Waals surface area contributed by atoms with E-state index in [-0.39, 0.29) is 11.9 Å². The minimum atomic E-state index is 0.00677. The monoisotopic (exact) mass is 367 g/mol. The van der Waals surface area contributed by atoms with Crippen LogP contribution in [0.2, 0.25) is 0 Å². The minimum absolute atomic E-state index is 0.00677. The number of nitrogens with zero attached hydrogens (tertiary/aromatic N) is 4. The third-order valence-corrected chi connectivity index (χ3v) is 6.03. The van der Waals surface area contributed by atoms with E-state index < -0.39 is 0 Å². The van der Waals surface area contributed by atoms with Gasteiger partial charge in [-0.3, -0.25) is 4.79 Å². The topological polar surface area (TPSA) is 63.1 Å². The first-order valence-electron chi connectivity index (χ1n) is 10.1. The van der Waals surface area contributed by atoms with Gasteiger partial charge in [-0.15, -0.1) is 5.10 Å². The first-order valence-corrected chi connectivity index (χ1v) is 10.1. The van der Waals surface area contributed by atoms with Gasteiger partial charge in [0, 0.05) is 6.54 Å². The van der Waals surface area contributed by atoms with Crippen molar-refractivity contribution in [1.82, 2.24) is 25.2 Å². The quantitative estimate of drug-likeness (QED) is 0.905. The van der Waals surface area contributed by atoms with Gasteiger partial charge >= 0.3 is 0 Å². The summed E-state index contributed by atoms with van der Waals surface area (Å²) >= 11 is 0. The molecular weight excluding hydrogens is 338 g/mol. The summed E-state index contributed by atoms with van der Waals surface area (Å²) in [7, 11) is 0. The number of nitrogens with one attached hydrogen (secondary N) is 1. The number of aryl methyl sites for hydroxylation is 1. The predicted molar refractivity (Wildman–Crippen MR) is 105 cm³/mol. The van der Waals surface area contributed by atoms with E-state index in [2.05, 4.69) is 53.7 Å². The highest BCUT2D eigenvalue weighted by Gasteiger charge is 2.34. The fourth-order valence-electron chi connectivity index (χ4n) is 4.46. The Morgan fingerprint density at radius 1 is 1.15 bits per heavy atom. The summed E-state index contributed by atoms with van der Waals surface area (Å²) in [4.78, 5) is 15.3. The van der Waals surface area contributed by atoms with Crippen LogP contribution in [0.25, 0.3) is 0 Å². The van der Waals surface area contributed by atoms with E-state index >= 15 is 0 Å².